The van der Waals surface area contributed by atoms with Crippen LogP contribution in [-0.2, 0) is 0 Å². The third-order valence-electron chi connectivity index (χ3n) is 2.56. The minimum absolute atomic E-state index is 0.0111. The van der Waals surface area contributed by atoms with E-state index >= 15 is 0 Å². The lowest BCUT2D eigenvalue weighted by Gasteiger charge is -2.15. The molecule has 0 amide bonds. The Balaban J connectivity index is 2.22. The molecule has 2 aromatic rings. The molecule has 3 N–H and O–H groups in total. The highest BCUT2D eigenvalue weighted by atomic mass is 79.9. The van der Waals surface area contributed by atoms with Gasteiger partial charge in [-0.2, -0.15) is 0 Å². The van der Waals surface area contributed by atoms with Crippen molar-refractivity contribution >= 4 is 27.3 Å². The summed E-state index contributed by atoms with van der Waals surface area (Å²) in [6, 6.07) is 10.1. The summed E-state index contributed by atoms with van der Waals surface area (Å²) in [4.78, 5) is 1.17. The highest BCUT2D eigenvalue weighted by molar-refractivity contribution is 9.10. The summed E-state index contributed by atoms with van der Waals surface area (Å²) < 4.78 is 6.50. The molecular weight excluding hydrogens is 312 g/mol. The van der Waals surface area contributed by atoms with E-state index in [1.54, 1.807) is 11.3 Å². The van der Waals surface area contributed by atoms with Gasteiger partial charge in [-0.3, -0.25) is 5.84 Å². The van der Waals surface area contributed by atoms with Gasteiger partial charge >= 0.3 is 0 Å². The number of rotatable bonds is 5. The zero-order valence-electron chi connectivity index (χ0n) is 10.0. The van der Waals surface area contributed by atoms with Gasteiger partial charge in [0, 0.05) is 14.7 Å². The quantitative estimate of drug-likeness (QED) is 0.653. The van der Waals surface area contributed by atoms with Crippen molar-refractivity contribution in [1.82, 2.24) is 5.43 Å². The van der Waals surface area contributed by atoms with Crippen LogP contribution in [0.5, 0.6) is 5.75 Å². The number of hydrogen-bond donors (Lipinski definition) is 2. The van der Waals surface area contributed by atoms with Crippen molar-refractivity contribution in [2.24, 2.45) is 5.84 Å². The van der Waals surface area contributed by atoms with Crippen LogP contribution in [0.25, 0.3) is 0 Å². The number of benzene rings is 1. The zero-order valence-corrected chi connectivity index (χ0v) is 12.4. The van der Waals surface area contributed by atoms with E-state index in [2.05, 4.69) is 27.4 Å². The van der Waals surface area contributed by atoms with Crippen LogP contribution in [-0.4, -0.2) is 6.61 Å². The maximum absolute atomic E-state index is 5.65. The largest absolute Gasteiger partial charge is 0.494 e. The van der Waals surface area contributed by atoms with E-state index in [1.165, 1.54) is 4.88 Å². The van der Waals surface area contributed by atoms with E-state index in [0.717, 1.165) is 15.8 Å². The Morgan fingerprint density at radius 1 is 1.39 bits per heavy atom. The molecule has 0 aliphatic heterocycles. The Hall–Kier alpha value is -0.880. The Labute approximate surface area is 119 Å². The average molecular weight is 327 g/mol. The van der Waals surface area contributed by atoms with Crippen LogP contribution in [0.3, 0.4) is 0 Å². The van der Waals surface area contributed by atoms with Crippen molar-refractivity contribution in [1.29, 1.82) is 0 Å². The number of thiophene rings is 1. The lowest BCUT2D eigenvalue weighted by Crippen LogP contribution is -2.28. The molecule has 0 aliphatic carbocycles. The molecule has 0 aliphatic rings. The molecule has 1 heterocycles. The number of ether oxygens (including phenoxy) is 1. The summed E-state index contributed by atoms with van der Waals surface area (Å²) in [5, 5.41) is 2.05. The lowest BCUT2D eigenvalue weighted by molar-refractivity contribution is 0.340. The molecule has 1 atom stereocenters. The van der Waals surface area contributed by atoms with Crippen LogP contribution in [0.1, 0.15) is 23.4 Å². The Kier molecular flexibility index (Phi) is 4.77. The fourth-order valence-corrected chi connectivity index (χ4v) is 3.28. The van der Waals surface area contributed by atoms with E-state index in [1.807, 2.05) is 36.6 Å². The van der Waals surface area contributed by atoms with Gasteiger partial charge in [0.15, 0.2) is 0 Å². The molecule has 3 nitrogen and oxygen atoms in total. The first-order valence-corrected chi connectivity index (χ1v) is 7.34. The highest BCUT2D eigenvalue weighted by Crippen LogP contribution is 2.30. The van der Waals surface area contributed by atoms with Crippen LogP contribution in [0, 0.1) is 0 Å². The molecule has 0 saturated heterocycles. The van der Waals surface area contributed by atoms with Crippen LogP contribution >= 0.6 is 27.3 Å². The summed E-state index contributed by atoms with van der Waals surface area (Å²) in [5.41, 5.74) is 3.97. The molecule has 0 saturated carbocycles. The van der Waals surface area contributed by atoms with Gasteiger partial charge in [-0.25, -0.2) is 5.43 Å². The molecule has 0 fully saturated rings. The molecule has 2 rings (SSSR count). The first-order chi connectivity index (χ1) is 8.74. The molecule has 18 heavy (non-hydrogen) atoms. The maximum Gasteiger partial charge on any atom is 0.119 e. The summed E-state index contributed by atoms with van der Waals surface area (Å²) in [6.07, 6.45) is 0. The first kappa shape index (κ1) is 13.5. The second-order valence-electron chi connectivity index (χ2n) is 3.77. The van der Waals surface area contributed by atoms with Crippen LogP contribution in [0.15, 0.2) is 40.2 Å². The van der Waals surface area contributed by atoms with E-state index in [4.69, 9.17) is 10.6 Å². The fourth-order valence-electron chi connectivity index (χ4n) is 1.75. The van der Waals surface area contributed by atoms with Crippen LogP contribution in [0.2, 0.25) is 0 Å². The SMILES string of the molecule is CCOc1ccc(C(NN)c2cc(Br)cs2)cc1. The van der Waals surface area contributed by atoms with Crippen LogP contribution < -0.4 is 16.0 Å². The molecule has 0 bridgehead atoms. The molecule has 1 unspecified atom stereocenters. The lowest BCUT2D eigenvalue weighted by atomic mass is 10.1. The predicted octanol–water partition coefficient (Wildman–Crippen LogP) is 3.46. The number of halogens is 1. The summed E-state index contributed by atoms with van der Waals surface area (Å²) in [7, 11) is 0. The van der Waals surface area contributed by atoms with E-state index in [-0.39, 0.29) is 6.04 Å². The standard InChI is InChI=1S/C13H15BrN2OS/c1-2-17-11-5-3-9(4-6-11)13(16-15)12-7-10(14)8-18-12/h3-8,13,16H,2,15H2,1H3. The Morgan fingerprint density at radius 3 is 2.61 bits per heavy atom. The number of hydrazine groups is 1. The van der Waals surface area contributed by atoms with Gasteiger partial charge < -0.3 is 4.74 Å². The molecule has 1 aromatic carbocycles. The molecule has 0 spiro atoms. The molecule has 0 radical (unpaired) electrons. The minimum Gasteiger partial charge on any atom is -0.494 e. The smallest absolute Gasteiger partial charge is 0.119 e. The van der Waals surface area contributed by atoms with Crippen molar-refractivity contribution < 1.29 is 4.74 Å². The second-order valence-corrected chi connectivity index (χ2v) is 5.63. The Bertz CT molecular complexity index is 498. The monoisotopic (exact) mass is 326 g/mol. The van der Waals surface area contributed by atoms with Gasteiger partial charge in [0.1, 0.15) is 5.75 Å². The van der Waals surface area contributed by atoms with Crippen LogP contribution in [0.4, 0.5) is 0 Å². The number of nitrogens with two attached hydrogens (primary N) is 1. The molecular formula is C13H15BrN2OS. The van der Waals surface area contributed by atoms with E-state index in [9.17, 15) is 0 Å². The summed E-state index contributed by atoms with van der Waals surface area (Å²) in [5.74, 6) is 6.53. The maximum atomic E-state index is 5.65. The van der Waals surface area contributed by atoms with Gasteiger partial charge in [0.05, 0.1) is 12.6 Å². The topological polar surface area (TPSA) is 47.3 Å². The van der Waals surface area contributed by atoms with Crippen molar-refractivity contribution in [2.45, 2.75) is 13.0 Å². The Morgan fingerprint density at radius 2 is 2.11 bits per heavy atom. The van der Waals surface area contributed by atoms with Crippen molar-refractivity contribution in [3.8, 4) is 5.75 Å². The average Bonchev–Trinajstić information content (AvgIpc) is 2.79. The van der Waals surface area contributed by atoms with Crippen molar-refractivity contribution in [3.63, 3.8) is 0 Å². The van der Waals surface area contributed by atoms with Gasteiger partial charge in [-0.15, -0.1) is 11.3 Å². The minimum atomic E-state index is 0.0111. The van der Waals surface area contributed by atoms with Gasteiger partial charge in [-0.1, -0.05) is 12.1 Å². The summed E-state index contributed by atoms with van der Waals surface area (Å²) in [6.45, 7) is 2.65. The molecule has 96 valence electrons. The zero-order chi connectivity index (χ0) is 13.0. The van der Waals surface area contributed by atoms with Gasteiger partial charge in [0.25, 0.3) is 0 Å². The van der Waals surface area contributed by atoms with E-state index < -0.39 is 0 Å². The first-order valence-electron chi connectivity index (χ1n) is 5.67. The number of nitrogens with one attached hydrogen (secondary N) is 1. The third kappa shape index (κ3) is 3.11. The summed E-state index contributed by atoms with van der Waals surface area (Å²) >= 11 is 5.13. The number of hydrogen-bond acceptors (Lipinski definition) is 4. The fraction of sp³-hybridized carbons (Fsp3) is 0.231. The highest BCUT2D eigenvalue weighted by Gasteiger charge is 2.14. The van der Waals surface area contributed by atoms with Crippen molar-refractivity contribution in [3.05, 3.63) is 50.6 Å². The van der Waals surface area contributed by atoms with Gasteiger partial charge in [-0.05, 0) is 46.6 Å². The third-order valence-corrected chi connectivity index (χ3v) is 4.32. The van der Waals surface area contributed by atoms with E-state index in [0.29, 0.717) is 6.61 Å². The molecule has 1 aromatic heterocycles. The predicted molar refractivity (Wildman–Crippen MR) is 78.8 cm³/mol. The van der Waals surface area contributed by atoms with Crippen molar-refractivity contribution in [2.75, 3.05) is 6.61 Å². The van der Waals surface area contributed by atoms with Gasteiger partial charge in [0.2, 0.25) is 0 Å². The normalized spacial score (nSPS) is 12.4. The molecule has 5 heteroatoms. The second kappa shape index (κ2) is 6.33.